The van der Waals surface area contributed by atoms with Gasteiger partial charge in [0.2, 0.25) is 0 Å². The van der Waals surface area contributed by atoms with Crippen molar-refractivity contribution in [3.8, 4) is 0 Å². The van der Waals surface area contributed by atoms with E-state index in [-0.39, 0.29) is 0 Å². The SMILES string of the molecule is CCC[N+](C)(C)CCCCCC[N+](CCC)(CCCCCC[N+](C)(C)CCC)CCCCCC[N+](C)(C)CCC. The van der Waals surface area contributed by atoms with E-state index in [1.54, 1.807) is 0 Å². The Morgan fingerprint density at radius 3 is 0.700 bits per heavy atom. The molecular formula is C36H82N4+4. The third-order valence-electron chi connectivity index (χ3n) is 9.62. The average Bonchev–Trinajstić information content (AvgIpc) is 2.85. The second-order valence-electron chi connectivity index (χ2n) is 15.6. The Morgan fingerprint density at radius 1 is 0.250 bits per heavy atom. The number of rotatable bonds is 29. The molecule has 0 bridgehead atoms. The molecule has 0 fully saturated rings. The quantitative estimate of drug-likeness (QED) is 0.0626. The fraction of sp³-hybridized carbons (Fsp3) is 1.00. The normalized spacial score (nSPS) is 13.3. The van der Waals surface area contributed by atoms with Gasteiger partial charge < -0.3 is 17.9 Å². The van der Waals surface area contributed by atoms with Crippen LogP contribution in [0.2, 0.25) is 0 Å². The third kappa shape index (κ3) is 21.5. The molecule has 0 saturated heterocycles. The molecule has 0 aliphatic carbocycles. The number of hydrogen-bond acceptors (Lipinski definition) is 0. The summed E-state index contributed by atoms with van der Waals surface area (Å²) in [4.78, 5) is 0. The first-order valence-corrected chi connectivity index (χ1v) is 18.2. The van der Waals surface area contributed by atoms with E-state index in [1.165, 1.54) is 186 Å². The molecule has 0 N–H and O–H groups in total. The van der Waals surface area contributed by atoms with Gasteiger partial charge in [0.1, 0.15) is 0 Å². The predicted octanol–water partition coefficient (Wildman–Crippen LogP) is 8.35. The first-order valence-electron chi connectivity index (χ1n) is 18.2. The van der Waals surface area contributed by atoms with Crippen molar-refractivity contribution in [1.82, 2.24) is 0 Å². The van der Waals surface area contributed by atoms with E-state index < -0.39 is 0 Å². The molecule has 0 amide bonds. The van der Waals surface area contributed by atoms with Crippen molar-refractivity contribution in [2.45, 2.75) is 130 Å². The van der Waals surface area contributed by atoms with Gasteiger partial charge in [-0.2, -0.15) is 0 Å². The van der Waals surface area contributed by atoms with Crippen molar-refractivity contribution in [3.63, 3.8) is 0 Å². The van der Waals surface area contributed by atoms with Gasteiger partial charge in [0, 0.05) is 0 Å². The molecule has 40 heavy (non-hydrogen) atoms. The van der Waals surface area contributed by atoms with E-state index in [0.29, 0.717) is 0 Å². The van der Waals surface area contributed by atoms with E-state index in [2.05, 4.69) is 70.0 Å². The first-order chi connectivity index (χ1) is 18.9. The number of hydrogen-bond donors (Lipinski definition) is 0. The fourth-order valence-corrected chi connectivity index (χ4v) is 7.32. The van der Waals surface area contributed by atoms with Crippen molar-refractivity contribution in [1.29, 1.82) is 0 Å². The molecule has 0 unspecified atom stereocenters. The molecule has 0 rings (SSSR count). The lowest BCUT2D eigenvalue weighted by atomic mass is 10.1. The van der Waals surface area contributed by atoms with Gasteiger partial charge in [-0.1, -0.05) is 27.7 Å². The lowest BCUT2D eigenvalue weighted by Crippen LogP contribution is -2.50. The topological polar surface area (TPSA) is 0 Å². The molecule has 4 heteroatoms. The van der Waals surface area contributed by atoms with Gasteiger partial charge in [0.15, 0.2) is 0 Å². The van der Waals surface area contributed by atoms with Gasteiger partial charge in [-0.15, -0.1) is 0 Å². The highest BCUT2D eigenvalue weighted by atomic mass is 15.3. The summed E-state index contributed by atoms with van der Waals surface area (Å²) in [5.74, 6) is 0. The maximum absolute atomic E-state index is 2.43. The minimum atomic E-state index is 1.20. The Morgan fingerprint density at radius 2 is 0.475 bits per heavy atom. The summed E-state index contributed by atoms with van der Waals surface area (Å²) >= 11 is 0. The number of quaternary nitrogens is 4. The molecule has 242 valence electrons. The van der Waals surface area contributed by atoms with Gasteiger partial charge >= 0.3 is 0 Å². The molecule has 0 aromatic rings. The van der Waals surface area contributed by atoms with Crippen molar-refractivity contribution in [3.05, 3.63) is 0 Å². The van der Waals surface area contributed by atoms with E-state index in [4.69, 9.17) is 0 Å². The van der Waals surface area contributed by atoms with Crippen LogP contribution in [0.4, 0.5) is 0 Å². The molecule has 4 nitrogen and oxygen atoms in total. The summed E-state index contributed by atoms with van der Waals surface area (Å²) < 4.78 is 5.03. The smallest absolute Gasteiger partial charge is 0.0786 e. The Hall–Kier alpha value is -0.160. The zero-order chi connectivity index (χ0) is 30.4. The molecular weight excluding hydrogens is 488 g/mol. The lowest BCUT2D eigenvalue weighted by molar-refractivity contribution is -0.929. The molecule has 0 heterocycles. The molecule has 0 aromatic carbocycles. The summed E-state index contributed by atoms with van der Waals surface area (Å²) in [6.45, 7) is 23.1. The molecule has 0 atom stereocenters. The molecule has 0 aromatic heterocycles. The van der Waals surface area contributed by atoms with Crippen molar-refractivity contribution >= 4 is 0 Å². The summed E-state index contributed by atoms with van der Waals surface area (Å²) in [6.07, 6.45) is 22.3. The average molecular weight is 571 g/mol. The van der Waals surface area contributed by atoms with Gasteiger partial charge in [-0.25, -0.2) is 0 Å². The highest BCUT2D eigenvalue weighted by Gasteiger charge is 2.25. The van der Waals surface area contributed by atoms with Crippen LogP contribution in [0, 0.1) is 0 Å². The fourth-order valence-electron chi connectivity index (χ4n) is 7.32. The van der Waals surface area contributed by atoms with Crippen molar-refractivity contribution < 1.29 is 17.9 Å². The van der Waals surface area contributed by atoms with Crippen LogP contribution >= 0.6 is 0 Å². The van der Waals surface area contributed by atoms with E-state index in [9.17, 15) is 0 Å². The van der Waals surface area contributed by atoms with Gasteiger partial charge in [-0.3, -0.25) is 0 Å². The van der Waals surface area contributed by atoms with Crippen LogP contribution in [-0.4, -0.2) is 126 Å². The Balaban J connectivity index is 4.78. The van der Waals surface area contributed by atoms with Crippen molar-refractivity contribution in [2.75, 3.05) is 108 Å². The second kappa shape index (κ2) is 22.4. The third-order valence-corrected chi connectivity index (χ3v) is 9.62. The Kier molecular flexibility index (Phi) is 22.3. The van der Waals surface area contributed by atoms with Crippen LogP contribution in [0.25, 0.3) is 0 Å². The van der Waals surface area contributed by atoms with Crippen LogP contribution < -0.4 is 0 Å². The van der Waals surface area contributed by atoms with Crippen LogP contribution in [0.3, 0.4) is 0 Å². The molecule has 0 radical (unpaired) electrons. The Bertz CT molecular complexity index is 495. The number of nitrogens with zero attached hydrogens (tertiary/aromatic N) is 4. The van der Waals surface area contributed by atoms with Gasteiger partial charge in [0.05, 0.1) is 108 Å². The summed E-state index contributed by atoms with van der Waals surface area (Å²) in [7, 11) is 14.5. The highest BCUT2D eigenvalue weighted by molar-refractivity contribution is 4.54. The van der Waals surface area contributed by atoms with Crippen molar-refractivity contribution in [2.24, 2.45) is 0 Å². The summed E-state index contributed by atoms with van der Waals surface area (Å²) in [5.41, 5.74) is 0. The van der Waals surface area contributed by atoms with Crippen LogP contribution in [0.1, 0.15) is 130 Å². The monoisotopic (exact) mass is 571 g/mol. The molecule has 0 aliphatic heterocycles. The van der Waals surface area contributed by atoms with Gasteiger partial charge in [-0.05, 0) is 103 Å². The molecule has 0 saturated carbocycles. The largest absolute Gasteiger partial charge is 0.328 e. The van der Waals surface area contributed by atoms with Crippen LogP contribution in [-0.2, 0) is 0 Å². The maximum atomic E-state index is 2.43. The maximum Gasteiger partial charge on any atom is 0.0786 e. The van der Waals surface area contributed by atoms with E-state index >= 15 is 0 Å². The predicted molar refractivity (Wildman–Crippen MR) is 182 cm³/mol. The zero-order valence-electron chi connectivity index (χ0n) is 30.2. The molecule has 0 aliphatic rings. The van der Waals surface area contributed by atoms with E-state index in [1.807, 2.05) is 0 Å². The summed E-state index contributed by atoms with van der Waals surface area (Å²) in [5, 5.41) is 0. The Labute approximate surface area is 255 Å². The summed E-state index contributed by atoms with van der Waals surface area (Å²) in [6, 6.07) is 0. The van der Waals surface area contributed by atoms with Crippen LogP contribution in [0.5, 0.6) is 0 Å². The highest BCUT2D eigenvalue weighted by Crippen LogP contribution is 2.19. The number of unbranched alkanes of at least 4 members (excludes halogenated alkanes) is 9. The lowest BCUT2D eigenvalue weighted by Gasteiger charge is -2.39. The van der Waals surface area contributed by atoms with E-state index in [0.717, 1.165) is 0 Å². The first kappa shape index (κ1) is 39.8. The molecule has 0 spiro atoms. The standard InChI is InChI=1S/C36H82N4/c1-11-27-37(5,6)31-21-15-18-24-34-40(30-14-4,35-25-19-16-22-32-38(7,8)28-12-2)36-26-20-17-23-33-39(9,10)29-13-3/h11-36H2,1-10H3/q+4. The minimum Gasteiger partial charge on any atom is -0.328 e. The van der Waals surface area contributed by atoms with Crippen LogP contribution in [0.15, 0.2) is 0 Å². The van der Waals surface area contributed by atoms with Gasteiger partial charge in [0.25, 0.3) is 0 Å². The zero-order valence-corrected chi connectivity index (χ0v) is 30.2. The second-order valence-corrected chi connectivity index (χ2v) is 15.6. The minimum absolute atomic E-state index is 1.20.